The Morgan fingerprint density at radius 1 is 1.40 bits per heavy atom. The summed E-state index contributed by atoms with van der Waals surface area (Å²) in [4.78, 5) is -0.151. The van der Waals surface area contributed by atoms with Crippen LogP contribution in [0.5, 0.6) is 0 Å². The van der Waals surface area contributed by atoms with E-state index in [1.54, 1.807) is 13.8 Å². The van der Waals surface area contributed by atoms with E-state index in [0.717, 1.165) is 6.07 Å². The zero-order chi connectivity index (χ0) is 15.6. The molecule has 20 heavy (non-hydrogen) atoms. The number of benzene rings is 1. The van der Waals surface area contributed by atoms with E-state index in [1.807, 2.05) is 6.92 Å². The highest BCUT2D eigenvalue weighted by atomic mass is 32.2. The normalized spacial score (nSPS) is 12.7. The first-order valence-electron chi connectivity index (χ1n) is 6.28. The Balaban J connectivity index is 3.01. The second-order valence-electron chi connectivity index (χ2n) is 5.14. The van der Waals surface area contributed by atoms with Crippen LogP contribution in [0.4, 0.5) is 10.1 Å². The Morgan fingerprint density at radius 3 is 2.55 bits per heavy atom. The van der Waals surface area contributed by atoms with E-state index in [9.17, 15) is 12.8 Å². The summed E-state index contributed by atoms with van der Waals surface area (Å²) < 4.78 is 45.8. The topological polar surface area (TPSA) is 81.4 Å². The van der Waals surface area contributed by atoms with Crippen molar-refractivity contribution in [1.82, 2.24) is 4.72 Å². The Labute approximate surface area is 119 Å². The summed E-state index contributed by atoms with van der Waals surface area (Å²) in [5.41, 5.74) is 4.96. The lowest BCUT2D eigenvalue weighted by Crippen LogP contribution is -2.40. The van der Waals surface area contributed by atoms with Gasteiger partial charge in [0.1, 0.15) is 5.82 Å². The molecule has 114 valence electrons. The van der Waals surface area contributed by atoms with Crippen molar-refractivity contribution in [1.29, 1.82) is 0 Å². The molecule has 0 heterocycles. The fraction of sp³-hybridized carbons (Fsp3) is 0.538. The van der Waals surface area contributed by atoms with Gasteiger partial charge in [-0.1, -0.05) is 0 Å². The van der Waals surface area contributed by atoms with E-state index >= 15 is 0 Å². The lowest BCUT2D eigenvalue weighted by atomic mass is 10.1. The molecule has 7 heteroatoms. The number of rotatable bonds is 6. The van der Waals surface area contributed by atoms with Crippen LogP contribution in [0.3, 0.4) is 0 Å². The average molecular weight is 304 g/mol. The van der Waals surface area contributed by atoms with Crippen molar-refractivity contribution in [2.75, 3.05) is 18.9 Å². The predicted molar refractivity (Wildman–Crippen MR) is 76.4 cm³/mol. The monoisotopic (exact) mass is 304 g/mol. The maximum Gasteiger partial charge on any atom is 0.241 e. The Hall–Kier alpha value is -1.18. The van der Waals surface area contributed by atoms with Crippen LogP contribution in [0.25, 0.3) is 0 Å². The average Bonchev–Trinajstić information content (AvgIpc) is 2.31. The Kier molecular flexibility index (Phi) is 5.12. The van der Waals surface area contributed by atoms with Gasteiger partial charge in [-0.2, -0.15) is 0 Å². The minimum atomic E-state index is -3.84. The molecule has 0 atom stereocenters. The van der Waals surface area contributed by atoms with Gasteiger partial charge in [0.2, 0.25) is 10.0 Å². The number of nitrogen functional groups attached to an aromatic ring is 1. The van der Waals surface area contributed by atoms with Gasteiger partial charge in [-0.25, -0.2) is 17.5 Å². The van der Waals surface area contributed by atoms with Gasteiger partial charge in [0.15, 0.2) is 0 Å². The number of ether oxygens (including phenoxy) is 1. The lowest BCUT2D eigenvalue weighted by Gasteiger charge is -2.25. The summed E-state index contributed by atoms with van der Waals surface area (Å²) in [6.45, 7) is 7.32. The highest BCUT2D eigenvalue weighted by molar-refractivity contribution is 7.89. The maximum atomic E-state index is 13.6. The molecule has 0 radical (unpaired) electrons. The fourth-order valence-corrected chi connectivity index (χ4v) is 3.23. The van der Waals surface area contributed by atoms with Crippen LogP contribution in [0.2, 0.25) is 0 Å². The fourth-order valence-electron chi connectivity index (χ4n) is 1.74. The van der Waals surface area contributed by atoms with Crippen LogP contribution >= 0.6 is 0 Å². The summed E-state index contributed by atoms with van der Waals surface area (Å²) in [5, 5.41) is 0. The van der Waals surface area contributed by atoms with Gasteiger partial charge in [-0.15, -0.1) is 0 Å². The van der Waals surface area contributed by atoms with Gasteiger partial charge in [0.25, 0.3) is 0 Å². The summed E-state index contributed by atoms with van der Waals surface area (Å²) in [6.07, 6.45) is 0. The smallest absolute Gasteiger partial charge is 0.241 e. The van der Waals surface area contributed by atoms with Crippen LogP contribution in [-0.4, -0.2) is 27.2 Å². The van der Waals surface area contributed by atoms with Gasteiger partial charge in [-0.3, -0.25) is 0 Å². The van der Waals surface area contributed by atoms with Crippen molar-refractivity contribution in [3.05, 3.63) is 23.5 Å². The molecular weight excluding hydrogens is 283 g/mol. The number of nitrogens with one attached hydrogen (secondary N) is 1. The van der Waals surface area contributed by atoms with Crippen LogP contribution in [0.1, 0.15) is 26.3 Å². The predicted octanol–water partition coefficient (Wildman–Crippen LogP) is 1.81. The number of sulfonamides is 1. The van der Waals surface area contributed by atoms with E-state index in [0.29, 0.717) is 6.61 Å². The lowest BCUT2D eigenvalue weighted by molar-refractivity contribution is -0.00515. The van der Waals surface area contributed by atoms with Crippen LogP contribution in [0, 0.1) is 12.7 Å². The highest BCUT2D eigenvalue weighted by Crippen LogP contribution is 2.22. The van der Waals surface area contributed by atoms with Crippen LogP contribution < -0.4 is 10.5 Å². The first-order valence-corrected chi connectivity index (χ1v) is 7.76. The van der Waals surface area contributed by atoms with Gasteiger partial charge in [0.05, 0.1) is 10.5 Å². The molecule has 0 aliphatic heterocycles. The van der Waals surface area contributed by atoms with Crippen LogP contribution in [0.15, 0.2) is 17.0 Å². The molecule has 1 aromatic rings. The first-order chi connectivity index (χ1) is 9.09. The molecule has 5 nitrogen and oxygen atoms in total. The van der Waals surface area contributed by atoms with E-state index in [2.05, 4.69) is 4.72 Å². The molecule has 0 bridgehead atoms. The van der Waals surface area contributed by atoms with Crippen molar-refractivity contribution in [2.24, 2.45) is 0 Å². The van der Waals surface area contributed by atoms with Crippen molar-refractivity contribution < 1.29 is 17.5 Å². The van der Waals surface area contributed by atoms with Crippen molar-refractivity contribution in [3.63, 3.8) is 0 Å². The third-order valence-corrected chi connectivity index (χ3v) is 4.36. The van der Waals surface area contributed by atoms with Crippen LogP contribution in [-0.2, 0) is 14.8 Å². The maximum absolute atomic E-state index is 13.6. The molecule has 0 aromatic heterocycles. The molecular formula is C13H21FN2O3S. The number of hydrogen-bond acceptors (Lipinski definition) is 4. The quantitative estimate of drug-likeness (QED) is 0.785. The minimum Gasteiger partial charge on any atom is -0.399 e. The molecule has 0 spiro atoms. The molecule has 0 saturated heterocycles. The van der Waals surface area contributed by atoms with E-state index in [-0.39, 0.29) is 22.7 Å². The van der Waals surface area contributed by atoms with Gasteiger partial charge in [0, 0.05) is 24.4 Å². The molecule has 1 rings (SSSR count). The third-order valence-electron chi connectivity index (χ3n) is 2.83. The summed E-state index contributed by atoms with van der Waals surface area (Å²) in [6, 6.07) is 2.34. The van der Waals surface area contributed by atoms with E-state index in [1.165, 1.54) is 13.0 Å². The highest BCUT2D eigenvalue weighted by Gasteiger charge is 2.24. The largest absolute Gasteiger partial charge is 0.399 e. The second-order valence-corrected chi connectivity index (χ2v) is 6.88. The molecule has 0 fully saturated rings. The number of nitrogens with two attached hydrogens (primary N) is 1. The second kappa shape index (κ2) is 6.07. The summed E-state index contributed by atoms with van der Waals surface area (Å²) in [7, 11) is -3.84. The first kappa shape index (κ1) is 16.9. The molecule has 3 N–H and O–H groups in total. The molecule has 0 aliphatic carbocycles. The molecule has 0 aliphatic rings. The standard InChI is InChI=1S/C13H21FN2O3S/c1-5-19-13(3,4)8-16-20(17,18)12-7-10(15)6-11(14)9(12)2/h6-7,16H,5,8,15H2,1-4H3. The summed E-state index contributed by atoms with van der Waals surface area (Å²) >= 11 is 0. The summed E-state index contributed by atoms with van der Waals surface area (Å²) in [5.74, 6) is -0.644. The number of halogens is 1. The Morgan fingerprint density at radius 2 is 2.00 bits per heavy atom. The minimum absolute atomic E-state index is 0.0425. The molecule has 1 aromatic carbocycles. The number of hydrogen-bond donors (Lipinski definition) is 2. The van der Waals surface area contributed by atoms with Crippen molar-refractivity contribution in [2.45, 2.75) is 38.2 Å². The molecule has 0 amide bonds. The zero-order valence-electron chi connectivity index (χ0n) is 12.2. The van der Waals surface area contributed by atoms with E-state index < -0.39 is 21.4 Å². The van der Waals surface area contributed by atoms with E-state index in [4.69, 9.17) is 10.5 Å². The third kappa shape index (κ3) is 4.16. The van der Waals surface area contributed by atoms with Gasteiger partial charge < -0.3 is 10.5 Å². The molecule has 0 unspecified atom stereocenters. The molecule has 0 saturated carbocycles. The Bertz CT molecular complexity index is 586. The van der Waals surface area contributed by atoms with Crippen molar-refractivity contribution in [3.8, 4) is 0 Å². The SMILES string of the molecule is CCOC(C)(C)CNS(=O)(=O)c1cc(N)cc(F)c1C. The van der Waals surface area contributed by atoms with Crippen molar-refractivity contribution >= 4 is 15.7 Å². The zero-order valence-corrected chi connectivity index (χ0v) is 13.0. The van der Waals surface area contributed by atoms with Gasteiger partial charge in [-0.05, 0) is 39.8 Å². The van der Waals surface area contributed by atoms with Gasteiger partial charge >= 0.3 is 0 Å². The number of anilines is 1.